The summed E-state index contributed by atoms with van der Waals surface area (Å²) in [5, 5.41) is 0. The number of nitrogens with one attached hydrogen (secondary N) is 1. The zero-order chi connectivity index (χ0) is 14.4. The minimum atomic E-state index is -3.26. The number of anilines is 1. The molecule has 5 nitrogen and oxygen atoms in total. The van der Waals surface area contributed by atoms with Crippen molar-refractivity contribution in [2.24, 2.45) is 0 Å². The molecule has 0 aliphatic heterocycles. The van der Waals surface area contributed by atoms with E-state index in [1.165, 1.54) is 6.42 Å². The van der Waals surface area contributed by atoms with Crippen LogP contribution < -0.4 is 15.2 Å². The summed E-state index contributed by atoms with van der Waals surface area (Å²) in [5.41, 5.74) is 6.22. The molecule has 0 aromatic heterocycles. The maximum Gasteiger partial charge on any atom is 0.215 e. The molecule has 0 saturated heterocycles. The predicted molar refractivity (Wildman–Crippen MR) is 80.1 cm³/mol. The van der Waals surface area contributed by atoms with Gasteiger partial charge in [0.1, 0.15) is 12.4 Å². The van der Waals surface area contributed by atoms with Gasteiger partial charge in [-0.1, -0.05) is 19.3 Å². The van der Waals surface area contributed by atoms with Crippen molar-refractivity contribution in [1.29, 1.82) is 0 Å². The summed E-state index contributed by atoms with van der Waals surface area (Å²) in [6.45, 7) is 0.145. The second kappa shape index (κ2) is 6.95. The van der Waals surface area contributed by atoms with Gasteiger partial charge in [-0.15, -0.1) is 0 Å². The van der Waals surface area contributed by atoms with E-state index in [9.17, 15) is 8.42 Å². The number of benzene rings is 1. The van der Waals surface area contributed by atoms with E-state index in [1.54, 1.807) is 24.3 Å². The molecule has 1 aromatic rings. The fourth-order valence-electron chi connectivity index (χ4n) is 2.37. The Morgan fingerprint density at radius 2 is 1.80 bits per heavy atom. The molecule has 112 valence electrons. The maximum absolute atomic E-state index is 11.9. The summed E-state index contributed by atoms with van der Waals surface area (Å²) in [6, 6.07) is 7.02. The monoisotopic (exact) mass is 298 g/mol. The van der Waals surface area contributed by atoms with Crippen molar-refractivity contribution in [3.63, 3.8) is 0 Å². The number of rotatable bonds is 6. The van der Waals surface area contributed by atoms with Crippen molar-refractivity contribution in [3.05, 3.63) is 24.3 Å². The van der Waals surface area contributed by atoms with Crippen LogP contribution in [0, 0.1) is 0 Å². The topological polar surface area (TPSA) is 81.4 Å². The van der Waals surface area contributed by atoms with Gasteiger partial charge < -0.3 is 10.5 Å². The lowest BCUT2D eigenvalue weighted by molar-refractivity contribution is 0.339. The highest BCUT2D eigenvalue weighted by Crippen LogP contribution is 2.18. The molecule has 20 heavy (non-hydrogen) atoms. The van der Waals surface area contributed by atoms with E-state index in [4.69, 9.17) is 10.5 Å². The van der Waals surface area contributed by atoms with Crippen LogP contribution in [0.5, 0.6) is 5.75 Å². The molecule has 0 unspecified atom stereocenters. The van der Waals surface area contributed by atoms with E-state index < -0.39 is 10.0 Å². The molecule has 3 N–H and O–H groups in total. The normalized spacial score (nSPS) is 17.0. The first-order chi connectivity index (χ1) is 9.55. The summed E-state index contributed by atoms with van der Waals surface area (Å²) < 4.78 is 32.0. The van der Waals surface area contributed by atoms with Gasteiger partial charge in [0.05, 0.1) is 5.75 Å². The number of sulfonamides is 1. The van der Waals surface area contributed by atoms with Gasteiger partial charge in [-0.05, 0) is 37.1 Å². The molecule has 0 heterocycles. The minimum absolute atomic E-state index is 0.0200. The van der Waals surface area contributed by atoms with Crippen LogP contribution in [-0.4, -0.2) is 26.8 Å². The lowest BCUT2D eigenvalue weighted by Crippen LogP contribution is -2.38. The summed E-state index contributed by atoms with van der Waals surface area (Å²) in [7, 11) is -3.26. The Hall–Kier alpha value is -1.27. The molecule has 0 spiro atoms. The van der Waals surface area contributed by atoms with Gasteiger partial charge in [0, 0.05) is 11.7 Å². The van der Waals surface area contributed by atoms with Gasteiger partial charge in [0.25, 0.3) is 0 Å². The molecule has 0 amide bonds. The molecule has 2 rings (SSSR count). The minimum Gasteiger partial charge on any atom is -0.492 e. The Kier molecular flexibility index (Phi) is 5.25. The fourth-order valence-corrected chi connectivity index (χ4v) is 3.53. The molecule has 0 radical (unpaired) electrons. The number of nitrogen functional groups attached to an aromatic ring is 1. The second-order valence-electron chi connectivity index (χ2n) is 5.19. The lowest BCUT2D eigenvalue weighted by Gasteiger charge is -2.22. The molecule has 1 aliphatic carbocycles. The van der Waals surface area contributed by atoms with Crippen LogP contribution in [0.3, 0.4) is 0 Å². The third-order valence-electron chi connectivity index (χ3n) is 3.45. The number of hydrogen-bond donors (Lipinski definition) is 2. The molecule has 1 aromatic carbocycles. The average Bonchev–Trinajstić information content (AvgIpc) is 2.41. The van der Waals surface area contributed by atoms with Crippen molar-refractivity contribution >= 4 is 15.7 Å². The zero-order valence-electron chi connectivity index (χ0n) is 11.5. The van der Waals surface area contributed by atoms with Gasteiger partial charge in [0.2, 0.25) is 10.0 Å². The van der Waals surface area contributed by atoms with Crippen LogP contribution in [0.4, 0.5) is 5.69 Å². The Balaban J connectivity index is 1.75. The zero-order valence-corrected chi connectivity index (χ0v) is 12.4. The first-order valence-electron chi connectivity index (χ1n) is 7.03. The Morgan fingerprint density at radius 3 is 2.45 bits per heavy atom. The predicted octanol–water partition coefficient (Wildman–Crippen LogP) is 1.90. The summed E-state index contributed by atoms with van der Waals surface area (Å²) in [5.74, 6) is 0.612. The number of hydrogen-bond acceptors (Lipinski definition) is 4. The molecular weight excluding hydrogens is 276 g/mol. The van der Waals surface area contributed by atoms with E-state index in [0.29, 0.717) is 11.4 Å². The maximum atomic E-state index is 11.9. The van der Waals surface area contributed by atoms with E-state index in [1.807, 2.05) is 0 Å². The standard InChI is InChI=1S/C14H22N2O3S/c15-12-6-8-14(9-7-12)19-10-11-20(17,18)16-13-4-2-1-3-5-13/h6-9,13,16H,1-5,10-11,15H2. The van der Waals surface area contributed by atoms with Gasteiger partial charge in [-0.3, -0.25) is 0 Å². The van der Waals surface area contributed by atoms with Crippen molar-refractivity contribution < 1.29 is 13.2 Å². The largest absolute Gasteiger partial charge is 0.492 e. The van der Waals surface area contributed by atoms with Gasteiger partial charge in [0.15, 0.2) is 0 Å². The molecule has 1 saturated carbocycles. The van der Waals surface area contributed by atoms with E-state index >= 15 is 0 Å². The second-order valence-corrected chi connectivity index (χ2v) is 7.06. The summed E-state index contributed by atoms with van der Waals surface area (Å²) >= 11 is 0. The number of ether oxygens (including phenoxy) is 1. The van der Waals surface area contributed by atoms with Crippen LogP contribution in [0.15, 0.2) is 24.3 Å². The smallest absolute Gasteiger partial charge is 0.215 e. The van der Waals surface area contributed by atoms with Crippen LogP contribution in [0.25, 0.3) is 0 Å². The average molecular weight is 298 g/mol. The van der Waals surface area contributed by atoms with E-state index in [-0.39, 0.29) is 18.4 Å². The van der Waals surface area contributed by atoms with Gasteiger partial charge in [-0.2, -0.15) is 0 Å². The highest BCUT2D eigenvalue weighted by atomic mass is 32.2. The highest BCUT2D eigenvalue weighted by Gasteiger charge is 2.19. The Morgan fingerprint density at radius 1 is 1.15 bits per heavy atom. The van der Waals surface area contributed by atoms with Crippen molar-refractivity contribution in [2.75, 3.05) is 18.1 Å². The van der Waals surface area contributed by atoms with Crippen molar-refractivity contribution in [2.45, 2.75) is 38.1 Å². The first kappa shape index (κ1) is 15.1. The SMILES string of the molecule is Nc1ccc(OCCS(=O)(=O)NC2CCCCC2)cc1. The van der Waals surface area contributed by atoms with Gasteiger partial charge in [-0.25, -0.2) is 13.1 Å². The lowest BCUT2D eigenvalue weighted by atomic mass is 9.96. The first-order valence-corrected chi connectivity index (χ1v) is 8.69. The van der Waals surface area contributed by atoms with Crippen LogP contribution in [-0.2, 0) is 10.0 Å². The van der Waals surface area contributed by atoms with Crippen molar-refractivity contribution in [3.8, 4) is 5.75 Å². The molecule has 1 aliphatic rings. The van der Waals surface area contributed by atoms with Crippen LogP contribution >= 0.6 is 0 Å². The molecule has 6 heteroatoms. The molecule has 0 atom stereocenters. The van der Waals surface area contributed by atoms with Crippen molar-refractivity contribution in [1.82, 2.24) is 4.72 Å². The highest BCUT2D eigenvalue weighted by molar-refractivity contribution is 7.89. The van der Waals surface area contributed by atoms with E-state index in [2.05, 4.69) is 4.72 Å². The molecular formula is C14H22N2O3S. The number of nitrogens with two attached hydrogens (primary N) is 1. The third-order valence-corrected chi connectivity index (χ3v) is 4.85. The fraction of sp³-hybridized carbons (Fsp3) is 0.571. The van der Waals surface area contributed by atoms with E-state index in [0.717, 1.165) is 25.7 Å². The Labute approximate surface area is 120 Å². The van der Waals surface area contributed by atoms with Gasteiger partial charge >= 0.3 is 0 Å². The van der Waals surface area contributed by atoms with Crippen LogP contribution in [0.1, 0.15) is 32.1 Å². The molecule has 0 bridgehead atoms. The Bertz CT molecular complexity index is 508. The van der Waals surface area contributed by atoms with Crippen LogP contribution in [0.2, 0.25) is 0 Å². The quantitative estimate of drug-likeness (QED) is 0.786. The summed E-state index contributed by atoms with van der Waals surface area (Å²) in [4.78, 5) is 0. The third kappa shape index (κ3) is 5.02. The summed E-state index contributed by atoms with van der Waals surface area (Å²) in [6.07, 6.45) is 5.30. The molecule has 1 fully saturated rings.